The van der Waals surface area contributed by atoms with Crippen molar-refractivity contribution < 1.29 is 9.13 Å². The summed E-state index contributed by atoms with van der Waals surface area (Å²) in [4.78, 5) is 0. The van der Waals surface area contributed by atoms with Gasteiger partial charge in [-0.15, -0.1) is 10.2 Å². The van der Waals surface area contributed by atoms with Crippen LogP contribution >= 0.6 is 11.3 Å². The molecule has 1 aromatic carbocycles. The number of ether oxygens (including phenoxy) is 1. The standard InChI is InChI=1S/C15H20FN3OS/c1-3-8-17-9-4-5-14-18-19-15(21-14)11-6-7-12(16)13(10-11)20-2/h6-7,10,17H,3-5,8-9H2,1-2H3. The number of aromatic nitrogens is 2. The number of nitrogens with one attached hydrogen (secondary N) is 1. The summed E-state index contributed by atoms with van der Waals surface area (Å²) >= 11 is 1.55. The number of methoxy groups -OCH3 is 1. The first-order chi connectivity index (χ1) is 10.2. The van der Waals surface area contributed by atoms with E-state index in [2.05, 4.69) is 22.4 Å². The van der Waals surface area contributed by atoms with Crippen molar-refractivity contribution in [3.8, 4) is 16.3 Å². The Kier molecular flexibility index (Phi) is 6.07. The van der Waals surface area contributed by atoms with Gasteiger partial charge in [0.05, 0.1) is 7.11 Å². The second-order valence-corrected chi connectivity index (χ2v) is 5.77. The molecule has 0 atom stereocenters. The molecule has 0 aliphatic rings. The topological polar surface area (TPSA) is 47.0 Å². The summed E-state index contributed by atoms with van der Waals surface area (Å²) in [6, 6.07) is 4.75. The van der Waals surface area contributed by atoms with Crippen molar-refractivity contribution in [3.63, 3.8) is 0 Å². The molecular weight excluding hydrogens is 289 g/mol. The second-order valence-electron chi connectivity index (χ2n) is 4.70. The summed E-state index contributed by atoms with van der Waals surface area (Å²) < 4.78 is 18.4. The van der Waals surface area contributed by atoms with Crippen LogP contribution in [0.5, 0.6) is 5.75 Å². The van der Waals surface area contributed by atoms with Crippen LogP contribution in [0.4, 0.5) is 4.39 Å². The number of hydrogen-bond donors (Lipinski definition) is 1. The van der Waals surface area contributed by atoms with E-state index >= 15 is 0 Å². The van der Waals surface area contributed by atoms with E-state index in [4.69, 9.17) is 4.74 Å². The molecule has 4 nitrogen and oxygen atoms in total. The van der Waals surface area contributed by atoms with Gasteiger partial charge in [-0.25, -0.2) is 4.39 Å². The van der Waals surface area contributed by atoms with E-state index in [0.29, 0.717) is 0 Å². The Hall–Kier alpha value is -1.53. The molecule has 0 spiro atoms. The molecule has 0 aliphatic heterocycles. The number of aryl methyl sites for hydroxylation is 1. The van der Waals surface area contributed by atoms with E-state index in [0.717, 1.165) is 47.9 Å². The summed E-state index contributed by atoms with van der Waals surface area (Å²) in [5, 5.41) is 13.5. The molecule has 0 unspecified atom stereocenters. The molecule has 0 fully saturated rings. The highest BCUT2D eigenvalue weighted by Crippen LogP contribution is 2.28. The van der Waals surface area contributed by atoms with Gasteiger partial charge in [0, 0.05) is 12.0 Å². The van der Waals surface area contributed by atoms with Gasteiger partial charge in [0.2, 0.25) is 0 Å². The Morgan fingerprint density at radius 2 is 2.14 bits per heavy atom. The smallest absolute Gasteiger partial charge is 0.165 e. The highest BCUT2D eigenvalue weighted by Gasteiger charge is 2.10. The first-order valence-corrected chi connectivity index (χ1v) is 7.93. The van der Waals surface area contributed by atoms with Crippen LogP contribution in [0, 0.1) is 5.82 Å². The van der Waals surface area contributed by atoms with Gasteiger partial charge in [-0.05, 0) is 44.1 Å². The molecule has 0 saturated heterocycles. The third kappa shape index (κ3) is 4.47. The van der Waals surface area contributed by atoms with Crippen LogP contribution in [0.25, 0.3) is 10.6 Å². The van der Waals surface area contributed by atoms with Crippen LogP contribution in [0.2, 0.25) is 0 Å². The summed E-state index contributed by atoms with van der Waals surface area (Å²) in [5.41, 5.74) is 0.834. The summed E-state index contributed by atoms with van der Waals surface area (Å²) in [7, 11) is 1.46. The Labute approximate surface area is 128 Å². The van der Waals surface area contributed by atoms with Gasteiger partial charge in [-0.1, -0.05) is 18.3 Å². The summed E-state index contributed by atoms with van der Waals surface area (Å²) in [6.45, 7) is 4.20. The van der Waals surface area contributed by atoms with Crippen LogP contribution in [0.1, 0.15) is 24.8 Å². The molecular formula is C15H20FN3OS. The van der Waals surface area contributed by atoms with E-state index in [1.165, 1.54) is 13.2 Å². The van der Waals surface area contributed by atoms with Crippen molar-refractivity contribution >= 4 is 11.3 Å². The zero-order valence-electron chi connectivity index (χ0n) is 12.4. The summed E-state index contributed by atoms with van der Waals surface area (Å²) in [5.74, 6) is -0.138. The maximum absolute atomic E-state index is 13.4. The maximum Gasteiger partial charge on any atom is 0.165 e. The van der Waals surface area contributed by atoms with Gasteiger partial charge >= 0.3 is 0 Å². The quantitative estimate of drug-likeness (QED) is 0.760. The maximum atomic E-state index is 13.4. The average molecular weight is 309 g/mol. The van der Waals surface area contributed by atoms with Crippen LogP contribution in [0.3, 0.4) is 0 Å². The third-order valence-corrected chi connectivity index (χ3v) is 4.07. The molecule has 1 aromatic heterocycles. The predicted octanol–water partition coefficient (Wildman–Crippen LogP) is 3.29. The number of hydrogen-bond acceptors (Lipinski definition) is 5. The van der Waals surface area contributed by atoms with Gasteiger partial charge in [0.1, 0.15) is 10.0 Å². The van der Waals surface area contributed by atoms with Crippen molar-refractivity contribution in [1.29, 1.82) is 0 Å². The van der Waals surface area contributed by atoms with Crippen LogP contribution in [0.15, 0.2) is 18.2 Å². The predicted molar refractivity (Wildman–Crippen MR) is 83.3 cm³/mol. The SMILES string of the molecule is CCCNCCCc1nnc(-c2ccc(F)c(OC)c2)s1. The van der Waals surface area contributed by atoms with Gasteiger partial charge in [-0.3, -0.25) is 0 Å². The fourth-order valence-corrected chi connectivity index (χ4v) is 2.81. The van der Waals surface area contributed by atoms with Crippen molar-refractivity contribution in [1.82, 2.24) is 15.5 Å². The zero-order valence-corrected chi connectivity index (χ0v) is 13.2. The minimum atomic E-state index is -0.368. The first kappa shape index (κ1) is 15.9. The molecule has 1 heterocycles. The fraction of sp³-hybridized carbons (Fsp3) is 0.467. The highest BCUT2D eigenvalue weighted by atomic mass is 32.1. The first-order valence-electron chi connectivity index (χ1n) is 7.11. The minimum Gasteiger partial charge on any atom is -0.494 e. The lowest BCUT2D eigenvalue weighted by Crippen LogP contribution is -2.16. The molecule has 0 aliphatic carbocycles. The van der Waals surface area contributed by atoms with Crippen LogP contribution < -0.4 is 10.1 Å². The molecule has 0 amide bonds. The summed E-state index contributed by atoms with van der Waals surface area (Å²) in [6.07, 6.45) is 3.10. The lowest BCUT2D eigenvalue weighted by Gasteiger charge is -2.02. The molecule has 0 bridgehead atoms. The molecule has 0 saturated carbocycles. The van der Waals surface area contributed by atoms with Gasteiger partial charge < -0.3 is 10.1 Å². The van der Waals surface area contributed by atoms with Crippen molar-refractivity contribution in [3.05, 3.63) is 29.0 Å². The van der Waals surface area contributed by atoms with Gasteiger partial charge in [0.25, 0.3) is 0 Å². The molecule has 114 valence electrons. The van der Waals surface area contributed by atoms with Crippen molar-refractivity contribution in [2.75, 3.05) is 20.2 Å². The van der Waals surface area contributed by atoms with Crippen LogP contribution in [-0.2, 0) is 6.42 Å². The second kappa shape index (κ2) is 8.05. The van der Waals surface area contributed by atoms with E-state index < -0.39 is 0 Å². The minimum absolute atomic E-state index is 0.230. The van der Waals surface area contributed by atoms with E-state index in [-0.39, 0.29) is 11.6 Å². The van der Waals surface area contributed by atoms with Crippen molar-refractivity contribution in [2.24, 2.45) is 0 Å². The number of nitrogens with zero attached hydrogens (tertiary/aromatic N) is 2. The normalized spacial score (nSPS) is 10.8. The molecule has 0 radical (unpaired) electrons. The lowest BCUT2D eigenvalue weighted by atomic mass is 10.2. The Bertz CT molecular complexity index is 574. The molecule has 2 rings (SSSR count). The molecule has 6 heteroatoms. The van der Waals surface area contributed by atoms with E-state index in [1.807, 2.05) is 0 Å². The largest absolute Gasteiger partial charge is 0.494 e. The Balaban J connectivity index is 1.96. The number of benzene rings is 1. The lowest BCUT2D eigenvalue weighted by molar-refractivity contribution is 0.387. The van der Waals surface area contributed by atoms with Gasteiger partial charge in [-0.2, -0.15) is 0 Å². The zero-order chi connectivity index (χ0) is 15.1. The molecule has 21 heavy (non-hydrogen) atoms. The highest BCUT2D eigenvalue weighted by molar-refractivity contribution is 7.14. The van der Waals surface area contributed by atoms with E-state index in [1.54, 1.807) is 23.5 Å². The van der Waals surface area contributed by atoms with Gasteiger partial charge in [0.15, 0.2) is 11.6 Å². The van der Waals surface area contributed by atoms with E-state index in [9.17, 15) is 4.39 Å². The fourth-order valence-electron chi connectivity index (χ4n) is 1.93. The number of halogens is 1. The monoisotopic (exact) mass is 309 g/mol. The third-order valence-electron chi connectivity index (χ3n) is 3.04. The average Bonchev–Trinajstić information content (AvgIpc) is 2.96. The number of rotatable bonds is 8. The van der Waals surface area contributed by atoms with Crippen LogP contribution in [-0.4, -0.2) is 30.4 Å². The Morgan fingerprint density at radius 3 is 2.90 bits per heavy atom. The Morgan fingerprint density at radius 1 is 1.29 bits per heavy atom. The molecule has 2 aromatic rings. The van der Waals surface area contributed by atoms with Crippen molar-refractivity contribution in [2.45, 2.75) is 26.2 Å². The molecule has 1 N–H and O–H groups in total.